The highest BCUT2D eigenvalue weighted by atomic mass is 35.8. The van der Waals surface area contributed by atoms with E-state index >= 15 is 0 Å². The molecule has 0 N–H and O–H groups in total. The lowest BCUT2D eigenvalue weighted by Crippen LogP contribution is -2.77. The topological polar surface area (TPSA) is 55.4 Å². The summed E-state index contributed by atoms with van der Waals surface area (Å²) in [6.07, 6.45) is 0.193. The molecule has 0 unspecified atom stereocenters. The first-order chi connectivity index (χ1) is 15.2. The van der Waals surface area contributed by atoms with Gasteiger partial charge < -0.3 is 26.6 Å². The lowest BCUT2D eigenvalue weighted by Gasteiger charge is -2.61. The maximum absolute atomic E-state index is 6.90. The van der Waals surface area contributed by atoms with Gasteiger partial charge >= 0.3 is 29.6 Å². The van der Waals surface area contributed by atoms with Crippen molar-refractivity contribution in [2.45, 2.75) is 71.1 Å². The third-order valence-corrected chi connectivity index (χ3v) is 30.3. The first-order valence-electron chi connectivity index (χ1n) is 11.1. The zero-order chi connectivity index (χ0) is 26.2. The summed E-state index contributed by atoms with van der Waals surface area (Å²) in [4.78, 5) is 0. The Balaban J connectivity index is 8.16. The Morgan fingerprint density at radius 3 is 0.818 bits per heavy atom. The third-order valence-electron chi connectivity index (χ3n) is 5.58. The van der Waals surface area contributed by atoms with E-state index in [0.717, 1.165) is 0 Å². The van der Waals surface area contributed by atoms with E-state index in [-0.39, 0.29) is 46.1 Å². The van der Waals surface area contributed by atoms with Crippen LogP contribution in [0.1, 0.15) is 61.8 Å². The van der Waals surface area contributed by atoms with Gasteiger partial charge in [0.1, 0.15) is 4.66 Å². The molecule has 0 aliphatic heterocycles. The molecule has 0 aromatic carbocycles. The molecule has 16 heteroatoms. The summed E-state index contributed by atoms with van der Waals surface area (Å²) in [6, 6.07) is -7.86. The first kappa shape index (κ1) is 35.4. The third kappa shape index (κ3) is 6.51. The van der Waals surface area contributed by atoms with Gasteiger partial charge in [0, 0.05) is 39.6 Å². The van der Waals surface area contributed by atoms with Crippen LogP contribution in [-0.4, -0.2) is 69.3 Å². The van der Waals surface area contributed by atoms with Gasteiger partial charge in [-0.15, -0.1) is 66.5 Å². The van der Waals surface area contributed by atoms with E-state index in [0.29, 0.717) is 0 Å². The van der Waals surface area contributed by atoms with Crippen LogP contribution in [0, 0.1) is 0 Å². The smallest absolute Gasteiger partial charge is 0.373 e. The van der Waals surface area contributed by atoms with Crippen molar-refractivity contribution in [3.05, 3.63) is 0 Å². The molecule has 0 spiro atoms. The number of hydrogen-bond acceptors (Lipinski definition) is 6. The van der Waals surface area contributed by atoms with Gasteiger partial charge in [-0.25, -0.2) is 0 Å². The average Bonchev–Trinajstić information content (AvgIpc) is 2.67. The minimum atomic E-state index is -3.93. The van der Waals surface area contributed by atoms with Crippen LogP contribution in [0.4, 0.5) is 0 Å². The quantitative estimate of drug-likeness (QED) is 0.113. The molecule has 0 aliphatic rings. The second-order valence-corrected chi connectivity index (χ2v) is 31.4. The molecule has 0 aromatic heterocycles. The summed E-state index contributed by atoms with van der Waals surface area (Å²) < 4.78 is 35.4. The van der Waals surface area contributed by atoms with Gasteiger partial charge in [0.05, 0.1) is 4.66 Å². The van der Waals surface area contributed by atoms with E-state index < -0.39 is 38.9 Å². The molecule has 0 heterocycles. The zero-order valence-electron chi connectivity index (χ0n) is 20.7. The highest BCUT2D eigenvalue weighted by Crippen LogP contribution is 2.77. The predicted molar refractivity (Wildman–Crippen MR) is 149 cm³/mol. The molecule has 200 valence electrons. The van der Waals surface area contributed by atoms with E-state index in [1.807, 2.05) is 48.5 Å². The van der Waals surface area contributed by atoms with Crippen molar-refractivity contribution in [2.24, 2.45) is 0 Å². The normalized spacial score (nSPS) is 14.7. The van der Waals surface area contributed by atoms with Crippen molar-refractivity contribution >= 4 is 96.1 Å². The molecule has 0 amide bonds. The Morgan fingerprint density at radius 2 is 0.697 bits per heavy atom. The van der Waals surface area contributed by atoms with Crippen LogP contribution < -0.4 is 0 Å². The summed E-state index contributed by atoms with van der Waals surface area (Å²) in [6.45, 7) is 16.1. The van der Waals surface area contributed by atoms with Crippen molar-refractivity contribution in [2.75, 3.05) is 39.6 Å². The molecule has 0 atom stereocenters. The van der Waals surface area contributed by atoms with E-state index in [1.54, 1.807) is 6.92 Å². The standard InChI is InChI=1S/C17H38Cl6O6Si4/c1-9-17(30(18,19)20,31(21,22)23)16(8,32(24-10-2,25-11-3)26-12-4)33(27-13-5,28-14-6)29-15-7/h9-15H2,1-8H3. The maximum Gasteiger partial charge on any atom is 0.511 e. The van der Waals surface area contributed by atoms with Crippen LogP contribution in [0.15, 0.2) is 0 Å². The van der Waals surface area contributed by atoms with Crippen LogP contribution in [0.25, 0.3) is 0 Å². The Hall–Kier alpha value is 2.37. The fourth-order valence-corrected chi connectivity index (χ4v) is 40.7. The summed E-state index contributed by atoms with van der Waals surface area (Å²) >= 11 is 41.4. The zero-order valence-corrected chi connectivity index (χ0v) is 29.2. The molecule has 0 aromatic rings. The number of halogens is 6. The largest absolute Gasteiger partial charge is 0.511 e. The van der Waals surface area contributed by atoms with Crippen molar-refractivity contribution in [1.82, 2.24) is 0 Å². The number of rotatable bonds is 18. The SMILES string of the molecule is CCO[Si](OCC)(OCC)C(C)(C(CC)([Si](Cl)(Cl)Cl)[Si](Cl)(Cl)Cl)[Si](OCC)(OCC)OCC. The van der Waals surface area contributed by atoms with Crippen LogP contribution in [-0.2, 0) is 26.6 Å². The molecule has 0 rings (SSSR count). The van der Waals surface area contributed by atoms with E-state index in [9.17, 15) is 0 Å². The minimum Gasteiger partial charge on any atom is -0.373 e. The van der Waals surface area contributed by atoms with Gasteiger partial charge in [-0.3, -0.25) is 0 Å². The molecular formula is C17H38Cl6O6Si4. The summed E-state index contributed by atoms with van der Waals surface area (Å²) in [7, 11) is -7.85. The van der Waals surface area contributed by atoms with Crippen LogP contribution >= 0.6 is 66.5 Å². The van der Waals surface area contributed by atoms with Crippen LogP contribution in [0.3, 0.4) is 0 Å². The summed E-state index contributed by atoms with van der Waals surface area (Å²) in [5, 5.41) is 0. The van der Waals surface area contributed by atoms with Gasteiger partial charge in [0.2, 0.25) is 0 Å². The summed E-state index contributed by atoms with van der Waals surface area (Å²) in [5.41, 5.74) is 0. The molecule has 0 saturated carbocycles. The Morgan fingerprint density at radius 1 is 0.485 bits per heavy atom. The molecule has 0 fully saturated rings. The minimum absolute atomic E-state index is 0.193. The number of hydrogen-bond donors (Lipinski definition) is 0. The highest BCUT2D eigenvalue weighted by Gasteiger charge is 2.89. The Bertz CT molecular complexity index is 507. The van der Waals surface area contributed by atoms with Crippen LogP contribution in [0.2, 0.25) is 9.32 Å². The molecule has 6 nitrogen and oxygen atoms in total. The van der Waals surface area contributed by atoms with Gasteiger partial charge in [-0.05, 0) is 48.0 Å². The molecule has 33 heavy (non-hydrogen) atoms. The average molecular weight is 664 g/mol. The fourth-order valence-electron chi connectivity index (χ4n) is 4.45. The van der Waals surface area contributed by atoms with E-state index in [2.05, 4.69) is 0 Å². The predicted octanol–water partition coefficient (Wildman–Crippen LogP) is 7.38. The van der Waals surface area contributed by atoms with Gasteiger partial charge in [0.25, 0.3) is 0 Å². The second-order valence-electron chi connectivity index (χ2n) is 7.09. The van der Waals surface area contributed by atoms with Gasteiger partial charge in [-0.2, -0.15) is 0 Å². The highest BCUT2D eigenvalue weighted by molar-refractivity contribution is 7.77. The molecule has 0 aliphatic carbocycles. The van der Waals surface area contributed by atoms with E-state index in [4.69, 9.17) is 93.0 Å². The molecule has 0 saturated heterocycles. The lowest BCUT2D eigenvalue weighted by molar-refractivity contribution is 0.00846. The Labute approximate surface area is 232 Å². The van der Waals surface area contributed by atoms with Crippen molar-refractivity contribution < 1.29 is 26.6 Å². The van der Waals surface area contributed by atoms with Crippen LogP contribution in [0.5, 0.6) is 0 Å². The van der Waals surface area contributed by atoms with Crippen molar-refractivity contribution in [3.63, 3.8) is 0 Å². The van der Waals surface area contributed by atoms with Gasteiger partial charge in [0.15, 0.2) is 0 Å². The molecule has 0 bridgehead atoms. The van der Waals surface area contributed by atoms with Gasteiger partial charge in [-0.1, -0.05) is 13.8 Å². The van der Waals surface area contributed by atoms with Crippen molar-refractivity contribution in [3.8, 4) is 0 Å². The van der Waals surface area contributed by atoms with E-state index in [1.165, 1.54) is 0 Å². The lowest BCUT2D eigenvalue weighted by atomic mass is 10.2. The molecular weight excluding hydrogens is 625 g/mol. The Kier molecular flexibility index (Phi) is 15.5. The maximum atomic E-state index is 6.90. The fraction of sp³-hybridized carbons (Fsp3) is 1.00. The summed E-state index contributed by atoms with van der Waals surface area (Å²) in [5.74, 6) is 0. The second kappa shape index (κ2) is 14.5. The van der Waals surface area contributed by atoms with Crippen molar-refractivity contribution in [1.29, 1.82) is 0 Å². The monoisotopic (exact) mass is 660 g/mol. The molecule has 0 radical (unpaired) electrons. The first-order valence-corrected chi connectivity index (χ1v) is 24.7.